The first-order chi connectivity index (χ1) is 9.69. The average molecular weight is 315 g/mol. The quantitative estimate of drug-likeness (QED) is 0.635. The van der Waals surface area contributed by atoms with Crippen LogP contribution in [0.5, 0.6) is 0 Å². The Labute approximate surface area is 122 Å². The molecule has 0 spiro atoms. The summed E-state index contributed by atoms with van der Waals surface area (Å²) in [5, 5.41) is 10.9. The number of hydrogen-bond donors (Lipinski definition) is 3. The summed E-state index contributed by atoms with van der Waals surface area (Å²) in [7, 11) is -4.49. The van der Waals surface area contributed by atoms with Crippen LogP contribution in [0.3, 0.4) is 0 Å². The molecule has 0 aliphatic rings. The predicted octanol–water partition coefficient (Wildman–Crippen LogP) is 0.637. The zero-order valence-electron chi connectivity index (χ0n) is 11.4. The van der Waals surface area contributed by atoms with E-state index < -0.39 is 33.8 Å². The van der Waals surface area contributed by atoms with E-state index in [2.05, 4.69) is 5.32 Å². The van der Waals surface area contributed by atoms with Gasteiger partial charge < -0.3 is 10.4 Å². The Balaban J connectivity index is 2.64. The molecule has 0 saturated heterocycles. The lowest BCUT2D eigenvalue weighted by atomic mass is 9.97. The van der Waals surface area contributed by atoms with Crippen LogP contribution in [0.2, 0.25) is 0 Å². The van der Waals surface area contributed by atoms with Crippen molar-refractivity contribution >= 4 is 22.0 Å². The lowest BCUT2D eigenvalue weighted by molar-refractivity contribution is -0.141. The van der Waals surface area contributed by atoms with E-state index >= 15 is 0 Å². The van der Waals surface area contributed by atoms with Crippen molar-refractivity contribution in [2.24, 2.45) is 0 Å². The van der Waals surface area contributed by atoms with Gasteiger partial charge in [0.25, 0.3) is 10.1 Å². The van der Waals surface area contributed by atoms with Crippen LogP contribution in [-0.4, -0.2) is 41.7 Å². The van der Waals surface area contributed by atoms with E-state index in [1.165, 1.54) is 0 Å². The average Bonchev–Trinajstić information content (AvgIpc) is 2.37. The van der Waals surface area contributed by atoms with E-state index in [0.717, 1.165) is 5.56 Å². The number of hydrogen-bond acceptors (Lipinski definition) is 4. The van der Waals surface area contributed by atoms with Crippen LogP contribution in [-0.2, 0) is 19.7 Å². The third-order valence-corrected chi connectivity index (χ3v) is 3.63. The van der Waals surface area contributed by atoms with E-state index in [0.29, 0.717) is 0 Å². The molecule has 116 valence electrons. The van der Waals surface area contributed by atoms with Gasteiger partial charge in [-0.2, -0.15) is 8.42 Å². The lowest BCUT2D eigenvalue weighted by Gasteiger charge is -2.15. The van der Waals surface area contributed by atoms with E-state index in [-0.39, 0.29) is 12.3 Å². The molecule has 0 aromatic heterocycles. The normalized spacial score (nSPS) is 14.2. The highest BCUT2D eigenvalue weighted by Gasteiger charge is 2.26. The summed E-state index contributed by atoms with van der Waals surface area (Å²) in [6.07, 6.45) is 0.0132. The van der Waals surface area contributed by atoms with Crippen molar-refractivity contribution in [2.45, 2.75) is 25.3 Å². The zero-order chi connectivity index (χ0) is 16.0. The summed E-state index contributed by atoms with van der Waals surface area (Å²) in [4.78, 5) is 22.7. The van der Waals surface area contributed by atoms with Gasteiger partial charge in [-0.1, -0.05) is 37.3 Å². The first-order valence-electron chi connectivity index (χ1n) is 6.21. The van der Waals surface area contributed by atoms with Crippen molar-refractivity contribution in [1.29, 1.82) is 0 Å². The molecule has 0 aliphatic carbocycles. The fraction of sp³-hybridized carbons (Fsp3) is 0.385. The molecule has 1 amide bonds. The maximum absolute atomic E-state index is 11.8. The van der Waals surface area contributed by atoms with Gasteiger partial charge in [0, 0.05) is 6.42 Å². The van der Waals surface area contributed by atoms with Crippen molar-refractivity contribution in [3.05, 3.63) is 35.9 Å². The highest BCUT2D eigenvalue weighted by atomic mass is 32.2. The molecule has 0 saturated carbocycles. The molecule has 1 aromatic rings. The van der Waals surface area contributed by atoms with Crippen LogP contribution in [0.1, 0.15) is 24.8 Å². The van der Waals surface area contributed by atoms with Crippen LogP contribution in [0.15, 0.2) is 30.3 Å². The summed E-state index contributed by atoms with van der Waals surface area (Å²) in [5.74, 6) is -3.32. The molecule has 3 N–H and O–H groups in total. The molecule has 0 fully saturated rings. The monoisotopic (exact) mass is 315 g/mol. The summed E-state index contributed by atoms with van der Waals surface area (Å²) < 4.78 is 30.1. The Morgan fingerprint density at radius 1 is 1.24 bits per heavy atom. The first kappa shape index (κ1) is 17.1. The van der Waals surface area contributed by atoms with Gasteiger partial charge in [-0.15, -0.1) is 0 Å². The highest BCUT2D eigenvalue weighted by Crippen LogP contribution is 2.18. The molecule has 1 rings (SSSR count). The topological polar surface area (TPSA) is 121 Å². The number of carbonyl (C=O) groups is 2. The van der Waals surface area contributed by atoms with E-state index in [1.807, 2.05) is 30.3 Å². The van der Waals surface area contributed by atoms with Crippen molar-refractivity contribution in [3.63, 3.8) is 0 Å². The SMILES string of the molecule is CC(CC(=O)N[C@@H](CS(=O)(=O)O)C(=O)O)c1ccccc1. The van der Waals surface area contributed by atoms with Gasteiger partial charge >= 0.3 is 5.97 Å². The molecular weight excluding hydrogens is 298 g/mol. The van der Waals surface area contributed by atoms with E-state index in [9.17, 15) is 18.0 Å². The molecule has 2 atom stereocenters. The molecule has 21 heavy (non-hydrogen) atoms. The highest BCUT2D eigenvalue weighted by molar-refractivity contribution is 7.85. The third kappa shape index (κ3) is 6.37. The third-order valence-electron chi connectivity index (χ3n) is 2.87. The number of carbonyl (C=O) groups excluding carboxylic acids is 1. The van der Waals surface area contributed by atoms with Crippen LogP contribution >= 0.6 is 0 Å². The Bertz CT molecular complexity index is 598. The number of benzene rings is 1. The number of nitrogens with one attached hydrogen (secondary N) is 1. The Kier molecular flexibility index (Phi) is 5.86. The van der Waals surface area contributed by atoms with Crippen LogP contribution in [0, 0.1) is 0 Å². The van der Waals surface area contributed by atoms with E-state index in [4.69, 9.17) is 9.66 Å². The molecule has 7 nitrogen and oxygen atoms in total. The van der Waals surface area contributed by atoms with E-state index in [1.54, 1.807) is 6.92 Å². The molecule has 1 aromatic carbocycles. The minimum Gasteiger partial charge on any atom is -0.480 e. The number of carboxylic acids is 1. The Morgan fingerprint density at radius 3 is 2.29 bits per heavy atom. The lowest BCUT2D eigenvalue weighted by Crippen LogP contribution is -2.45. The van der Waals surface area contributed by atoms with Gasteiger partial charge in [-0.25, -0.2) is 4.79 Å². The number of aliphatic carboxylic acids is 1. The largest absolute Gasteiger partial charge is 0.480 e. The molecule has 0 bridgehead atoms. The second kappa shape index (κ2) is 7.19. The van der Waals surface area contributed by atoms with Crippen LogP contribution in [0.25, 0.3) is 0 Å². The van der Waals surface area contributed by atoms with Gasteiger partial charge in [0.1, 0.15) is 11.8 Å². The second-order valence-corrected chi connectivity index (χ2v) is 6.22. The minimum atomic E-state index is -4.49. The van der Waals surface area contributed by atoms with Crippen molar-refractivity contribution in [3.8, 4) is 0 Å². The molecule has 1 unspecified atom stereocenters. The molecular formula is C13H17NO6S. The van der Waals surface area contributed by atoms with Gasteiger partial charge in [-0.05, 0) is 11.5 Å². The van der Waals surface area contributed by atoms with Crippen molar-refractivity contribution in [1.82, 2.24) is 5.32 Å². The number of amides is 1. The Hall–Kier alpha value is -1.93. The fourth-order valence-corrected chi connectivity index (χ4v) is 2.46. The van der Waals surface area contributed by atoms with Crippen LogP contribution in [0.4, 0.5) is 0 Å². The summed E-state index contributed by atoms with van der Waals surface area (Å²) >= 11 is 0. The standard InChI is InChI=1S/C13H17NO6S/c1-9(10-5-3-2-4-6-10)7-12(15)14-11(13(16)17)8-21(18,19)20/h2-6,9,11H,7-8H2,1H3,(H,14,15)(H,16,17)(H,18,19,20)/t9?,11-/m0/s1. The first-order valence-corrected chi connectivity index (χ1v) is 7.82. The van der Waals surface area contributed by atoms with Gasteiger partial charge in [0.15, 0.2) is 0 Å². The van der Waals surface area contributed by atoms with Crippen LogP contribution < -0.4 is 5.32 Å². The molecule has 8 heteroatoms. The zero-order valence-corrected chi connectivity index (χ0v) is 12.2. The maximum atomic E-state index is 11.8. The van der Waals surface area contributed by atoms with Crippen molar-refractivity contribution < 1.29 is 27.7 Å². The smallest absolute Gasteiger partial charge is 0.327 e. The molecule has 0 aliphatic heterocycles. The molecule has 0 heterocycles. The fourth-order valence-electron chi connectivity index (χ4n) is 1.82. The minimum absolute atomic E-state index is 0.0132. The van der Waals surface area contributed by atoms with Gasteiger partial charge in [0.05, 0.1) is 0 Å². The second-order valence-electron chi connectivity index (χ2n) is 4.72. The van der Waals surface area contributed by atoms with Crippen molar-refractivity contribution in [2.75, 3.05) is 5.75 Å². The number of carboxylic acid groups (broad SMARTS) is 1. The molecule has 0 radical (unpaired) electrons. The maximum Gasteiger partial charge on any atom is 0.327 e. The summed E-state index contributed by atoms with van der Waals surface area (Å²) in [5.41, 5.74) is 0.911. The summed E-state index contributed by atoms with van der Waals surface area (Å²) in [6, 6.07) is 7.48. The van der Waals surface area contributed by atoms with Gasteiger partial charge in [0.2, 0.25) is 5.91 Å². The summed E-state index contributed by atoms with van der Waals surface area (Å²) in [6.45, 7) is 1.80. The van der Waals surface area contributed by atoms with Gasteiger partial charge in [-0.3, -0.25) is 9.35 Å². The predicted molar refractivity (Wildman–Crippen MR) is 75.5 cm³/mol. The Morgan fingerprint density at radius 2 is 1.81 bits per heavy atom. The number of rotatable bonds is 7.